The van der Waals surface area contributed by atoms with Gasteiger partial charge in [-0.25, -0.2) is 5.10 Å². The van der Waals surface area contributed by atoms with Crippen LogP contribution in [-0.4, -0.2) is 75.2 Å². The maximum absolute atomic E-state index is 13.3. The van der Waals surface area contributed by atoms with Gasteiger partial charge < -0.3 is 19.0 Å². The molecule has 198 valence electrons. The second-order valence-electron chi connectivity index (χ2n) is 8.55. The summed E-state index contributed by atoms with van der Waals surface area (Å²) in [4.78, 5) is 32.5. The molecular formula is C23H21F3N8O4. The molecule has 12 nitrogen and oxygen atoms in total. The zero-order chi connectivity index (χ0) is 26.9. The van der Waals surface area contributed by atoms with Crippen LogP contribution in [0.1, 0.15) is 17.7 Å². The van der Waals surface area contributed by atoms with Gasteiger partial charge in [0.05, 0.1) is 49.5 Å². The Kier molecular flexibility index (Phi) is 6.72. The number of nitriles is 1. The number of hydrogen-bond donors (Lipinski definition) is 1. The third kappa shape index (κ3) is 5.02. The first-order valence-corrected chi connectivity index (χ1v) is 11.7. The van der Waals surface area contributed by atoms with Gasteiger partial charge in [0.2, 0.25) is 5.91 Å². The number of halogens is 3. The molecule has 1 aromatic carbocycles. The number of piperazine rings is 1. The number of amides is 1. The van der Waals surface area contributed by atoms with Gasteiger partial charge in [-0.15, -0.1) is 0 Å². The number of hydrogen-bond acceptors (Lipinski definition) is 9. The molecule has 38 heavy (non-hydrogen) atoms. The number of ether oxygens (including phenoxy) is 1. The molecule has 0 bridgehead atoms. The second kappa shape index (κ2) is 10.1. The first-order chi connectivity index (χ1) is 18.2. The smallest absolute Gasteiger partial charge is 0.423 e. The summed E-state index contributed by atoms with van der Waals surface area (Å²) < 4.78 is 52.1. The molecule has 0 spiro atoms. The molecular weight excluding hydrogens is 509 g/mol. The third-order valence-corrected chi connectivity index (χ3v) is 6.16. The number of carbonyl (C=O) groups excluding carboxylic acids is 1. The van der Waals surface area contributed by atoms with Crippen LogP contribution in [-0.2, 0) is 22.3 Å². The minimum absolute atomic E-state index is 0.00677. The van der Waals surface area contributed by atoms with Crippen molar-refractivity contribution in [3.63, 3.8) is 0 Å². The number of fused-ring (bicyclic) bond motifs is 2. The quantitative estimate of drug-likeness (QED) is 0.354. The van der Waals surface area contributed by atoms with Crippen LogP contribution >= 0.6 is 0 Å². The van der Waals surface area contributed by atoms with Crippen LogP contribution < -0.4 is 10.5 Å². The summed E-state index contributed by atoms with van der Waals surface area (Å²) in [5.74, 6) is -0.111. The molecule has 1 N–H and O–H groups in total. The highest BCUT2D eigenvalue weighted by atomic mass is 19.4. The average Bonchev–Trinajstić information content (AvgIpc) is 3.50. The van der Waals surface area contributed by atoms with Crippen molar-refractivity contribution in [1.82, 2.24) is 29.9 Å². The summed E-state index contributed by atoms with van der Waals surface area (Å²) in [6, 6.07) is 7.52. The molecule has 4 heterocycles. The first-order valence-electron chi connectivity index (χ1n) is 11.7. The van der Waals surface area contributed by atoms with Crippen LogP contribution in [0.15, 0.2) is 33.6 Å². The normalized spacial score (nSPS) is 14.4. The first kappa shape index (κ1) is 25.2. The number of nitrogens with one attached hydrogen (secondary N) is 1. The lowest BCUT2D eigenvalue weighted by molar-refractivity contribution is -0.140. The van der Waals surface area contributed by atoms with E-state index in [2.05, 4.69) is 21.3 Å². The summed E-state index contributed by atoms with van der Waals surface area (Å²) in [5, 5.41) is 17.5. The fourth-order valence-corrected chi connectivity index (χ4v) is 4.24. The topological polar surface area (TPSA) is 146 Å². The lowest BCUT2D eigenvalue weighted by atomic mass is 10.2. The van der Waals surface area contributed by atoms with E-state index in [1.807, 2.05) is 10.00 Å². The molecule has 0 unspecified atom stereocenters. The number of nitrogens with zero attached hydrogens (tertiary/aromatic N) is 7. The van der Waals surface area contributed by atoms with Gasteiger partial charge in [-0.2, -0.15) is 33.6 Å². The van der Waals surface area contributed by atoms with Crippen LogP contribution in [0, 0.1) is 11.3 Å². The van der Waals surface area contributed by atoms with Crippen molar-refractivity contribution in [3.05, 3.63) is 46.0 Å². The number of alkyl halides is 3. The molecule has 1 amide bonds. The highest BCUT2D eigenvalue weighted by Crippen LogP contribution is 2.32. The van der Waals surface area contributed by atoms with Crippen molar-refractivity contribution in [1.29, 1.82) is 5.26 Å². The standard InChI is InChI=1S/C23H21F3N8O4/c24-23(25,26)20-19-16(13-28-30-21(19)36)34(31-20)8-10-37-9-3-18(35)32-4-6-33(7-5-32)22-29-15-2-1-14(12-27)11-17(15)38-22/h1-2,11,13H,3-10H2,(H,30,36). The predicted octanol–water partition coefficient (Wildman–Crippen LogP) is 1.91. The Labute approximate surface area is 212 Å². The van der Waals surface area contributed by atoms with Gasteiger partial charge in [-0.05, 0) is 12.1 Å². The minimum atomic E-state index is -4.80. The van der Waals surface area contributed by atoms with Crippen LogP contribution in [0.3, 0.4) is 0 Å². The van der Waals surface area contributed by atoms with E-state index in [1.54, 1.807) is 23.1 Å². The van der Waals surface area contributed by atoms with Gasteiger partial charge in [0, 0.05) is 32.2 Å². The van der Waals surface area contributed by atoms with E-state index in [0.717, 1.165) is 10.9 Å². The fraction of sp³-hybridized carbons (Fsp3) is 0.391. The Bertz CT molecular complexity index is 1580. The number of aromatic amines is 1. The third-order valence-electron chi connectivity index (χ3n) is 6.16. The van der Waals surface area contributed by atoms with E-state index in [4.69, 9.17) is 14.4 Å². The van der Waals surface area contributed by atoms with Crippen LogP contribution in [0.2, 0.25) is 0 Å². The number of anilines is 1. The van der Waals surface area contributed by atoms with Crippen molar-refractivity contribution >= 4 is 33.9 Å². The Morgan fingerprint density at radius 3 is 2.74 bits per heavy atom. The van der Waals surface area contributed by atoms with E-state index in [-0.39, 0.29) is 37.6 Å². The molecule has 15 heteroatoms. The number of H-pyrrole nitrogens is 1. The number of aromatic nitrogens is 5. The molecule has 0 aliphatic carbocycles. The molecule has 1 fully saturated rings. The van der Waals surface area contributed by atoms with Crippen LogP contribution in [0.5, 0.6) is 0 Å². The van der Waals surface area contributed by atoms with Gasteiger partial charge >= 0.3 is 6.18 Å². The van der Waals surface area contributed by atoms with Gasteiger partial charge in [-0.1, -0.05) is 0 Å². The van der Waals surface area contributed by atoms with E-state index in [9.17, 15) is 22.8 Å². The lowest BCUT2D eigenvalue weighted by Crippen LogP contribution is -2.49. The number of rotatable bonds is 7. The summed E-state index contributed by atoms with van der Waals surface area (Å²) in [6.45, 7) is 1.98. The highest BCUT2D eigenvalue weighted by molar-refractivity contribution is 5.80. The van der Waals surface area contributed by atoms with E-state index in [0.29, 0.717) is 48.9 Å². The van der Waals surface area contributed by atoms with Crippen LogP contribution in [0.4, 0.5) is 19.2 Å². The van der Waals surface area contributed by atoms with Crippen molar-refractivity contribution in [2.24, 2.45) is 0 Å². The van der Waals surface area contributed by atoms with Crippen molar-refractivity contribution in [2.75, 3.05) is 44.3 Å². The predicted molar refractivity (Wildman–Crippen MR) is 126 cm³/mol. The number of carbonyl (C=O) groups is 1. The Balaban J connectivity index is 1.09. The highest BCUT2D eigenvalue weighted by Gasteiger charge is 2.38. The van der Waals surface area contributed by atoms with Gasteiger partial charge in [0.15, 0.2) is 11.3 Å². The van der Waals surface area contributed by atoms with E-state index in [1.165, 1.54) is 0 Å². The fourth-order valence-electron chi connectivity index (χ4n) is 4.24. The van der Waals surface area contributed by atoms with Crippen molar-refractivity contribution < 1.29 is 27.1 Å². The molecule has 0 saturated carbocycles. The van der Waals surface area contributed by atoms with Crippen LogP contribution in [0.25, 0.3) is 22.0 Å². The Hall–Kier alpha value is -4.45. The monoisotopic (exact) mass is 530 g/mol. The van der Waals surface area contributed by atoms with Crippen molar-refractivity contribution in [2.45, 2.75) is 19.1 Å². The van der Waals surface area contributed by atoms with Gasteiger partial charge in [0.25, 0.3) is 11.6 Å². The van der Waals surface area contributed by atoms with Gasteiger partial charge in [-0.3, -0.25) is 14.3 Å². The van der Waals surface area contributed by atoms with Crippen molar-refractivity contribution in [3.8, 4) is 6.07 Å². The van der Waals surface area contributed by atoms with E-state index < -0.39 is 22.8 Å². The molecule has 5 rings (SSSR count). The average molecular weight is 530 g/mol. The maximum atomic E-state index is 13.3. The largest absolute Gasteiger partial charge is 0.435 e. The lowest BCUT2D eigenvalue weighted by Gasteiger charge is -2.33. The second-order valence-corrected chi connectivity index (χ2v) is 8.55. The molecule has 1 aliphatic rings. The SMILES string of the molecule is N#Cc1ccc2nc(N3CCN(C(=O)CCOCCn4nc(C(F)(F)F)c5c(=O)[nH]ncc54)CC3)oc2c1. The van der Waals surface area contributed by atoms with Gasteiger partial charge in [0.1, 0.15) is 10.9 Å². The molecule has 1 saturated heterocycles. The summed E-state index contributed by atoms with van der Waals surface area (Å²) >= 11 is 0. The zero-order valence-electron chi connectivity index (χ0n) is 19.9. The molecule has 3 aromatic heterocycles. The Morgan fingerprint density at radius 1 is 1.21 bits per heavy atom. The molecule has 4 aromatic rings. The summed E-state index contributed by atoms with van der Waals surface area (Å²) in [7, 11) is 0. The van der Waals surface area contributed by atoms with E-state index >= 15 is 0 Å². The number of benzene rings is 1. The number of oxazole rings is 1. The maximum Gasteiger partial charge on any atom is 0.435 e. The molecule has 0 radical (unpaired) electrons. The molecule has 1 aliphatic heterocycles. The minimum Gasteiger partial charge on any atom is -0.423 e. The Morgan fingerprint density at radius 2 is 2.00 bits per heavy atom. The summed E-state index contributed by atoms with van der Waals surface area (Å²) in [5.41, 5.74) is -0.657. The molecule has 0 atom stereocenters. The summed E-state index contributed by atoms with van der Waals surface area (Å²) in [6.07, 6.45) is -3.59. The zero-order valence-corrected chi connectivity index (χ0v) is 19.9.